The maximum absolute atomic E-state index is 12.7. The first-order chi connectivity index (χ1) is 11.2. The topological polar surface area (TPSA) is 0 Å². The van der Waals surface area contributed by atoms with Gasteiger partial charge in [0, 0.05) is 6.42 Å². The summed E-state index contributed by atoms with van der Waals surface area (Å²) in [6.45, 7) is 0. The third kappa shape index (κ3) is 13.7. The Kier molecular flexibility index (Phi) is 13.9. The molecule has 0 saturated carbocycles. The zero-order valence-electron chi connectivity index (χ0n) is 14.1. The van der Waals surface area contributed by atoms with Crippen molar-refractivity contribution in [1.29, 1.82) is 0 Å². The minimum atomic E-state index is -5.41. The van der Waals surface area contributed by atoms with E-state index in [0.717, 1.165) is 44.6 Å². The van der Waals surface area contributed by atoms with Gasteiger partial charge < -0.3 is 0 Å². The second-order valence-electron chi connectivity index (χ2n) is 6.37. The van der Waals surface area contributed by atoms with Crippen LogP contribution in [0.25, 0.3) is 0 Å². The smallest absolute Gasteiger partial charge is 0.196 e. The molecule has 0 saturated heterocycles. The van der Waals surface area contributed by atoms with Crippen LogP contribution in [0, 0.1) is 0 Å². The molecule has 0 unspecified atom stereocenters. The third-order valence-electron chi connectivity index (χ3n) is 4.08. The monoisotopic (exact) mass is 414 g/mol. The lowest BCUT2D eigenvalue weighted by atomic mass is 10.0. The zero-order chi connectivity index (χ0) is 18.5. The molecule has 0 amide bonds. The molecule has 0 N–H and O–H groups in total. The second kappa shape index (κ2) is 13.6. The first kappa shape index (κ1) is 24.4. The predicted octanol–water partition coefficient (Wildman–Crippen LogP) is 7.95. The zero-order valence-corrected chi connectivity index (χ0v) is 16.8. The quantitative estimate of drug-likeness (QED) is 0.110. The minimum absolute atomic E-state index is 0.0686. The van der Waals surface area contributed by atoms with Crippen LogP contribution in [0.5, 0.6) is 0 Å². The second-order valence-corrected chi connectivity index (χ2v) is 11.6. The van der Waals surface area contributed by atoms with E-state index in [2.05, 4.69) is 0 Å². The van der Waals surface area contributed by atoms with E-state index in [1.807, 2.05) is 0 Å². The van der Waals surface area contributed by atoms with Gasteiger partial charge in [-0.2, -0.15) is 44.1 Å². The molecule has 0 bridgehead atoms. The molecular formula is C16H29Cl2F5Si. The molecule has 0 heterocycles. The molecule has 0 spiro atoms. The SMILES string of the molecule is FC(F)(F)C(F)(F)CCCCCCCCCCCCCC[SiH](Cl)Cl. The van der Waals surface area contributed by atoms with E-state index in [0.29, 0.717) is 6.42 Å². The summed E-state index contributed by atoms with van der Waals surface area (Å²) < 4.78 is 61.2. The van der Waals surface area contributed by atoms with Crippen molar-refractivity contribution in [3.05, 3.63) is 0 Å². The van der Waals surface area contributed by atoms with Gasteiger partial charge in [-0.3, -0.25) is 0 Å². The number of unbranched alkanes of at least 4 members (excludes halogenated alkanes) is 11. The Morgan fingerprint density at radius 3 is 1.21 bits per heavy atom. The first-order valence-electron chi connectivity index (χ1n) is 8.89. The Hall–Kier alpha value is 0.447. The summed E-state index contributed by atoms with van der Waals surface area (Å²) in [7, 11) is -1.43. The van der Waals surface area contributed by atoms with Gasteiger partial charge in [-0.05, 0) is 12.5 Å². The molecule has 0 aromatic heterocycles. The average Bonchev–Trinajstić information content (AvgIpc) is 2.46. The lowest BCUT2D eigenvalue weighted by Gasteiger charge is -2.19. The number of halogens is 7. The van der Waals surface area contributed by atoms with Crippen LogP contribution in [0.3, 0.4) is 0 Å². The summed E-state index contributed by atoms with van der Waals surface area (Å²) in [6.07, 6.45) is 4.74. The van der Waals surface area contributed by atoms with Crippen molar-refractivity contribution < 1.29 is 22.0 Å². The van der Waals surface area contributed by atoms with Gasteiger partial charge in [-0.15, -0.1) is 0 Å². The number of rotatable bonds is 15. The van der Waals surface area contributed by atoms with Gasteiger partial charge in [0.1, 0.15) is 0 Å². The van der Waals surface area contributed by atoms with Gasteiger partial charge in [0.15, 0.2) is 0 Å². The summed E-state index contributed by atoms with van der Waals surface area (Å²) in [6, 6.07) is 0.984. The Bertz CT molecular complexity index is 299. The summed E-state index contributed by atoms with van der Waals surface area (Å²) in [4.78, 5) is 0. The number of hydrogen-bond acceptors (Lipinski definition) is 0. The van der Waals surface area contributed by atoms with Crippen LogP contribution in [0.4, 0.5) is 22.0 Å². The van der Waals surface area contributed by atoms with Crippen molar-refractivity contribution in [2.45, 2.75) is 102 Å². The molecule has 0 aromatic carbocycles. The molecule has 0 radical (unpaired) electrons. The number of alkyl halides is 5. The van der Waals surface area contributed by atoms with E-state index < -0.39 is 25.9 Å². The van der Waals surface area contributed by atoms with E-state index in [1.165, 1.54) is 25.7 Å². The van der Waals surface area contributed by atoms with Crippen LogP contribution < -0.4 is 0 Å². The average molecular weight is 415 g/mol. The number of hydrogen-bond donors (Lipinski definition) is 0. The van der Waals surface area contributed by atoms with Gasteiger partial charge in [0.2, 0.25) is 7.42 Å². The first-order valence-corrected chi connectivity index (χ1v) is 13.2. The van der Waals surface area contributed by atoms with Crippen LogP contribution in [0.2, 0.25) is 6.04 Å². The third-order valence-corrected chi connectivity index (χ3v) is 6.23. The molecule has 24 heavy (non-hydrogen) atoms. The van der Waals surface area contributed by atoms with Crippen molar-refractivity contribution in [2.24, 2.45) is 0 Å². The minimum Gasteiger partial charge on any atom is -0.196 e. The predicted molar refractivity (Wildman–Crippen MR) is 94.7 cm³/mol. The largest absolute Gasteiger partial charge is 0.453 e. The highest BCUT2D eigenvalue weighted by Crippen LogP contribution is 2.39. The summed E-state index contributed by atoms with van der Waals surface area (Å²) in [5.41, 5.74) is 0. The fraction of sp³-hybridized carbons (Fsp3) is 1.00. The molecule has 0 atom stereocenters. The van der Waals surface area contributed by atoms with Crippen LogP contribution in [-0.4, -0.2) is 19.5 Å². The van der Waals surface area contributed by atoms with E-state index in [4.69, 9.17) is 22.2 Å². The van der Waals surface area contributed by atoms with E-state index in [9.17, 15) is 22.0 Å². The van der Waals surface area contributed by atoms with Crippen molar-refractivity contribution in [3.8, 4) is 0 Å². The summed E-state index contributed by atoms with van der Waals surface area (Å²) >= 11 is 11.6. The molecule has 0 rings (SSSR count). The van der Waals surface area contributed by atoms with Gasteiger partial charge in [0.25, 0.3) is 0 Å². The fourth-order valence-corrected chi connectivity index (χ4v) is 4.08. The molecular weight excluding hydrogens is 386 g/mol. The standard InChI is InChI=1S/C16H29Cl2F5Si/c17-24(18)14-12-10-8-6-4-2-1-3-5-7-9-11-13-15(19,20)16(21,22)23/h24H,1-14H2. The van der Waals surface area contributed by atoms with Crippen molar-refractivity contribution >= 4 is 29.6 Å². The van der Waals surface area contributed by atoms with E-state index in [1.54, 1.807) is 0 Å². The highest BCUT2D eigenvalue weighted by Gasteiger charge is 2.56. The maximum atomic E-state index is 12.7. The van der Waals surface area contributed by atoms with Crippen molar-refractivity contribution in [2.75, 3.05) is 0 Å². The normalized spacial score (nSPS) is 13.0. The molecule has 8 heteroatoms. The molecule has 0 aliphatic carbocycles. The summed E-state index contributed by atoms with van der Waals surface area (Å²) in [5, 5.41) is 0. The summed E-state index contributed by atoms with van der Waals surface area (Å²) in [5.74, 6) is -4.54. The Morgan fingerprint density at radius 2 is 0.875 bits per heavy atom. The van der Waals surface area contributed by atoms with Crippen LogP contribution in [-0.2, 0) is 0 Å². The van der Waals surface area contributed by atoms with Gasteiger partial charge in [0.05, 0.1) is 0 Å². The lowest BCUT2D eigenvalue weighted by Crippen LogP contribution is -2.36. The highest BCUT2D eigenvalue weighted by molar-refractivity contribution is 7.33. The lowest BCUT2D eigenvalue weighted by molar-refractivity contribution is -0.284. The fourth-order valence-electron chi connectivity index (χ4n) is 2.56. The molecule has 146 valence electrons. The maximum Gasteiger partial charge on any atom is 0.453 e. The van der Waals surface area contributed by atoms with Crippen LogP contribution in [0.1, 0.15) is 83.5 Å². The van der Waals surface area contributed by atoms with Crippen LogP contribution >= 0.6 is 22.2 Å². The Labute approximate surface area is 153 Å². The molecule has 0 aliphatic heterocycles. The molecule has 0 aromatic rings. The van der Waals surface area contributed by atoms with E-state index >= 15 is 0 Å². The van der Waals surface area contributed by atoms with Crippen LogP contribution in [0.15, 0.2) is 0 Å². The van der Waals surface area contributed by atoms with Crippen molar-refractivity contribution in [3.63, 3.8) is 0 Å². The van der Waals surface area contributed by atoms with Gasteiger partial charge in [-0.25, -0.2) is 0 Å². The molecule has 0 aliphatic rings. The molecule has 0 nitrogen and oxygen atoms in total. The Morgan fingerprint density at radius 1 is 0.542 bits per heavy atom. The molecule has 0 fully saturated rings. The van der Waals surface area contributed by atoms with Crippen molar-refractivity contribution in [1.82, 2.24) is 0 Å². The highest BCUT2D eigenvalue weighted by atomic mass is 35.7. The van der Waals surface area contributed by atoms with Gasteiger partial charge in [-0.1, -0.05) is 70.6 Å². The van der Waals surface area contributed by atoms with E-state index in [-0.39, 0.29) is 6.42 Å². The Balaban J connectivity index is 3.26. The van der Waals surface area contributed by atoms with Gasteiger partial charge >= 0.3 is 12.1 Å².